The molecule has 7 heteroatoms. The first-order valence-corrected chi connectivity index (χ1v) is 9.47. The maximum absolute atomic E-state index is 12.4. The van der Waals surface area contributed by atoms with E-state index in [1.807, 2.05) is 4.57 Å². The molecule has 138 valence electrons. The van der Waals surface area contributed by atoms with Crippen LogP contribution in [0.4, 0.5) is 0 Å². The van der Waals surface area contributed by atoms with Gasteiger partial charge in [0.15, 0.2) is 5.82 Å². The lowest BCUT2D eigenvalue weighted by molar-refractivity contribution is -0.130. The Bertz CT molecular complexity index is 621. The van der Waals surface area contributed by atoms with E-state index in [0.717, 1.165) is 12.3 Å². The molecule has 2 heterocycles. The minimum Gasteiger partial charge on any atom is -0.338 e. The van der Waals surface area contributed by atoms with Gasteiger partial charge in [0.05, 0.1) is 6.54 Å². The van der Waals surface area contributed by atoms with Crippen LogP contribution in [-0.2, 0) is 17.9 Å². The number of carbonyl (C=O) groups excluding carboxylic acids is 2. The number of aromatic nitrogens is 3. The number of amides is 2. The van der Waals surface area contributed by atoms with E-state index < -0.39 is 0 Å². The molecule has 1 aliphatic carbocycles. The van der Waals surface area contributed by atoms with Crippen LogP contribution in [0.25, 0.3) is 0 Å². The molecule has 0 spiro atoms. The van der Waals surface area contributed by atoms with E-state index >= 15 is 0 Å². The predicted octanol–water partition coefficient (Wildman–Crippen LogP) is 2.07. The maximum atomic E-state index is 12.4. The van der Waals surface area contributed by atoms with Crippen molar-refractivity contribution in [2.75, 3.05) is 20.6 Å². The molecular formula is C18H29N5O2. The van der Waals surface area contributed by atoms with Crippen LogP contribution in [-0.4, -0.2) is 57.0 Å². The molecule has 1 saturated carbocycles. The van der Waals surface area contributed by atoms with Gasteiger partial charge in [-0.05, 0) is 18.8 Å². The largest absolute Gasteiger partial charge is 0.338 e. The highest BCUT2D eigenvalue weighted by Gasteiger charge is 2.27. The first-order valence-electron chi connectivity index (χ1n) is 9.47. The van der Waals surface area contributed by atoms with Gasteiger partial charge in [-0.2, -0.15) is 0 Å². The third-order valence-corrected chi connectivity index (χ3v) is 5.56. The Labute approximate surface area is 149 Å². The normalized spacial score (nSPS) is 18.3. The zero-order valence-corrected chi connectivity index (χ0v) is 15.4. The number of carbonyl (C=O) groups is 2. The summed E-state index contributed by atoms with van der Waals surface area (Å²) in [6, 6.07) is 0. The van der Waals surface area contributed by atoms with Crippen LogP contribution >= 0.6 is 0 Å². The van der Waals surface area contributed by atoms with Gasteiger partial charge >= 0.3 is 0 Å². The molecule has 1 aromatic heterocycles. The number of fused-ring (bicyclic) bond motifs is 1. The molecule has 1 aliphatic heterocycles. The molecule has 3 rings (SSSR count). The summed E-state index contributed by atoms with van der Waals surface area (Å²) in [5.74, 6) is 1.93. The minimum absolute atomic E-state index is 0.105. The monoisotopic (exact) mass is 347 g/mol. The van der Waals surface area contributed by atoms with Crippen LogP contribution in [0.5, 0.6) is 0 Å². The quantitative estimate of drug-likeness (QED) is 0.790. The van der Waals surface area contributed by atoms with Crippen LogP contribution in [0.3, 0.4) is 0 Å². The summed E-state index contributed by atoms with van der Waals surface area (Å²) in [6.07, 6.45) is 9.47. The van der Waals surface area contributed by atoms with Crippen molar-refractivity contribution in [3.63, 3.8) is 0 Å². The van der Waals surface area contributed by atoms with E-state index in [1.165, 1.54) is 38.5 Å². The summed E-state index contributed by atoms with van der Waals surface area (Å²) in [6.45, 7) is 1.74. The smallest absolute Gasteiger partial charge is 0.291 e. The third kappa shape index (κ3) is 4.19. The van der Waals surface area contributed by atoms with Gasteiger partial charge < -0.3 is 14.4 Å². The SMILES string of the molecule is CN(Cc1nnc2n1CCN(C)C2=O)C(=O)CCCC1CCCCC1. The molecule has 0 radical (unpaired) electrons. The van der Waals surface area contributed by atoms with Crippen molar-refractivity contribution in [1.29, 1.82) is 0 Å². The molecular weight excluding hydrogens is 318 g/mol. The lowest BCUT2D eigenvalue weighted by Crippen LogP contribution is -2.38. The molecule has 0 aromatic carbocycles. The Hall–Kier alpha value is -1.92. The van der Waals surface area contributed by atoms with Crippen molar-refractivity contribution in [1.82, 2.24) is 24.6 Å². The van der Waals surface area contributed by atoms with Gasteiger partial charge in [-0.3, -0.25) is 9.59 Å². The molecule has 0 atom stereocenters. The van der Waals surface area contributed by atoms with E-state index in [1.54, 1.807) is 23.9 Å². The second-order valence-corrected chi connectivity index (χ2v) is 7.46. The topological polar surface area (TPSA) is 71.3 Å². The number of rotatable bonds is 6. The van der Waals surface area contributed by atoms with Crippen LogP contribution in [0.15, 0.2) is 0 Å². The number of likely N-dealkylation sites (N-methyl/N-ethyl adjacent to an activating group) is 1. The van der Waals surface area contributed by atoms with Crippen LogP contribution < -0.4 is 0 Å². The highest BCUT2D eigenvalue weighted by Crippen LogP contribution is 2.27. The van der Waals surface area contributed by atoms with Gasteiger partial charge in [-0.15, -0.1) is 10.2 Å². The summed E-state index contributed by atoms with van der Waals surface area (Å²) >= 11 is 0. The molecule has 25 heavy (non-hydrogen) atoms. The molecule has 0 unspecified atom stereocenters. The van der Waals surface area contributed by atoms with Crippen molar-refractivity contribution < 1.29 is 9.59 Å². The molecule has 1 fully saturated rings. The minimum atomic E-state index is -0.105. The molecule has 0 bridgehead atoms. The maximum Gasteiger partial charge on any atom is 0.291 e. The van der Waals surface area contributed by atoms with Gasteiger partial charge in [0.1, 0.15) is 0 Å². The Morgan fingerprint density at radius 3 is 2.72 bits per heavy atom. The number of nitrogens with zero attached hydrogens (tertiary/aromatic N) is 5. The average molecular weight is 347 g/mol. The van der Waals surface area contributed by atoms with Gasteiger partial charge in [0, 0.05) is 33.6 Å². The molecule has 2 amide bonds. The van der Waals surface area contributed by atoms with Crippen LogP contribution in [0.2, 0.25) is 0 Å². The summed E-state index contributed by atoms with van der Waals surface area (Å²) in [4.78, 5) is 27.8. The van der Waals surface area contributed by atoms with E-state index in [0.29, 0.717) is 37.7 Å². The Kier molecular flexibility index (Phi) is 5.71. The van der Waals surface area contributed by atoms with Crippen molar-refractivity contribution in [2.45, 2.75) is 64.5 Å². The zero-order chi connectivity index (χ0) is 17.8. The van der Waals surface area contributed by atoms with Gasteiger partial charge in [0.25, 0.3) is 5.91 Å². The molecule has 1 aromatic rings. The molecule has 2 aliphatic rings. The third-order valence-electron chi connectivity index (χ3n) is 5.56. The standard InChI is InChI=1S/C18H29N5O2/c1-21-11-12-23-15(19-20-17(23)18(21)25)13-22(2)16(24)10-6-9-14-7-4-3-5-8-14/h14H,3-13H2,1-2H3. The van der Waals surface area contributed by atoms with Crippen LogP contribution in [0.1, 0.15) is 67.8 Å². The lowest BCUT2D eigenvalue weighted by atomic mass is 9.86. The Morgan fingerprint density at radius 1 is 1.20 bits per heavy atom. The molecule has 0 N–H and O–H groups in total. The van der Waals surface area contributed by atoms with Gasteiger partial charge in [-0.1, -0.05) is 32.1 Å². The number of hydrogen-bond donors (Lipinski definition) is 0. The first kappa shape index (κ1) is 17.9. The van der Waals surface area contributed by atoms with Gasteiger partial charge in [-0.25, -0.2) is 0 Å². The highest BCUT2D eigenvalue weighted by atomic mass is 16.2. The van der Waals surface area contributed by atoms with Crippen molar-refractivity contribution >= 4 is 11.8 Å². The van der Waals surface area contributed by atoms with E-state index in [2.05, 4.69) is 10.2 Å². The molecule has 7 nitrogen and oxygen atoms in total. The van der Waals surface area contributed by atoms with E-state index in [-0.39, 0.29) is 11.8 Å². The van der Waals surface area contributed by atoms with Crippen molar-refractivity contribution in [3.8, 4) is 0 Å². The highest BCUT2D eigenvalue weighted by molar-refractivity contribution is 5.91. The zero-order valence-electron chi connectivity index (χ0n) is 15.4. The van der Waals surface area contributed by atoms with E-state index in [4.69, 9.17) is 0 Å². The fraction of sp³-hybridized carbons (Fsp3) is 0.778. The van der Waals surface area contributed by atoms with Crippen molar-refractivity contribution in [2.24, 2.45) is 5.92 Å². The van der Waals surface area contributed by atoms with E-state index in [9.17, 15) is 9.59 Å². The second kappa shape index (κ2) is 7.97. The lowest BCUT2D eigenvalue weighted by Gasteiger charge is -2.25. The summed E-state index contributed by atoms with van der Waals surface area (Å²) in [5.41, 5.74) is 0. The van der Waals surface area contributed by atoms with Crippen molar-refractivity contribution in [3.05, 3.63) is 11.6 Å². The Balaban J connectivity index is 1.48. The number of hydrogen-bond acceptors (Lipinski definition) is 4. The second-order valence-electron chi connectivity index (χ2n) is 7.46. The van der Waals surface area contributed by atoms with Crippen LogP contribution in [0, 0.1) is 5.92 Å². The summed E-state index contributed by atoms with van der Waals surface area (Å²) < 4.78 is 1.84. The fourth-order valence-corrected chi connectivity index (χ4v) is 3.88. The fourth-order valence-electron chi connectivity index (χ4n) is 3.88. The molecule has 0 saturated heterocycles. The average Bonchev–Trinajstić information content (AvgIpc) is 3.02. The summed E-state index contributed by atoms with van der Waals surface area (Å²) in [7, 11) is 3.57. The van der Waals surface area contributed by atoms with Gasteiger partial charge in [0.2, 0.25) is 11.7 Å². The summed E-state index contributed by atoms with van der Waals surface area (Å²) in [5, 5.41) is 8.14. The first-order chi connectivity index (χ1) is 12.1. The predicted molar refractivity (Wildman–Crippen MR) is 93.9 cm³/mol. The Morgan fingerprint density at radius 2 is 1.96 bits per heavy atom.